The molecular formula is C22H34N2O6P2. The summed E-state index contributed by atoms with van der Waals surface area (Å²) in [5.74, 6) is -0.529. The Morgan fingerprint density at radius 3 is 1.78 bits per heavy atom. The van der Waals surface area contributed by atoms with E-state index < -0.39 is 25.8 Å². The Bertz CT molecular complexity index is 974. The van der Waals surface area contributed by atoms with E-state index in [4.69, 9.17) is 8.83 Å². The highest BCUT2D eigenvalue weighted by Crippen LogP contribution is 2.56. The highest BCUT2D eigenvalue weighted by atomic mass is 31.2. The Kier molecular flexibility index (Phi) is 8.92. The van der Waals surface area contributed by atoms with Crippen molar-refractivity contribution >= 4 is 26.0 Å². The van der Waals surface area contributed by atoms with Gasteiger partial charge in [0, 0.05) is 25.9 Å². The molecule has 0 saturated heterocycles. The average molecular weight is 484 g/mol. The molecule has 1 amide bonds. The molecule has 0 saturated carbocycles. The molecule has 0 bridgehead atoms. The van der Waals surface area contributed by atoms with Crippen molar-refractivity contribution in [1.82, 2.24) is 9.80 Å². The van der Waals surface area contributed by atoms with Crippen LogP contribution in [0.15, 0.2) is 45.6 Å². The van der Waals surface area contributed by atoms with Crippen molar-refractivity contribution in [2.45, 2.75) is 31.3 Å². The lowest BCUT2D eigenvalue weighted by atomic mass is 10.2. The third-order valence-electron chi connectivity index (χ3n) is 5.19. The van der Waals surface area contributed by atoms with Crippen LogP contribution in [0.25, 0.3) is 0 Å². The predicted octanol–water partition coefficient (Wildman–Crippen LogP) is 4.95. The van der Waals surface area contributed by atoms with Crippen LogP contribution in [0.4, 0.5) is 0 Å². The second-order valence-corrected chi connectivity index (χ2v) is 15.6. The van der Waals surface area contributed by atoms with Crippen LogP contribution in [-0.4, -0.2) is 68.3 Å². The first-order valence-electron chi connectivity index (χ1n) is 10.5. The minimum absolute atomic E-state index is 0.0257. The Labute approximate surface area is 190 Å². The smallest absolute Gasteiger partial charge is 0.224 e. The zero-order valence-corrected chi connectivity index (χ0v) is 21.5. The molecule has 2 aromatic rings. The van der Waals surface area contributed by atoms with Gasteiger partial charge in [-0.05, 0) is 64.9 Å². The Balaban J connectivity index is 2.33. The Morgan fingerprint density at radius 2 is 1.38 bits per heavy atom. The topological polar surface area (TPSA) is 101 Å². The van der Waals surface area contributed by atoms with E-state index >= 15 is 0 Å². The van der Waals surface area contributed by atoms with Crippen LogP contribution in [-0.2, 0) is 18.7 Å². The number of likely N-dealkylation sites (N-methyl/N-ethyl adjacent to an activating group) is 1. The number of hydrogen-bond donors (Lipinski definition) is 0. The zero-order valence-electron chi connectivity index (χ0n) is 19.7. The van der Waals surface area contributed by atoms with Crippen molar-refractivity contribution in [3.8, 4) is 0 Å². The van der Waals surface area contributed by atoms with Crippen LogP contribution in [0.5, 0.6) is 0 Å². The highest BCUT2D eigenvalue weighted by molar-refractivity contribution is 7.62. The minimum Gasteiger partial charge on any atom is -0.467 e. The van der Waals surface area contributed by atoms with Gasteiger partial charge in [-0.1, -0.05) is 0 Å². The van der Waals surface area contributed by atoms with E-state index in [1.54, 1.807) is 57.2 Å². The number of nitrogens with zero attached hydrogens (tertiary/aromatic N) is 2. The van der Waals surface area contributed by atoms with E-state index in [1.807, 2.05) is 11.9 Å². The second kappa shape index (κ2) is 10.8. The summed E-state index contributed by atoms with van der Waals surface area (Å²) in [5, 5.41) is 0. The van der Waals surface area contributed by atoms with Crippen molar-refractivity contribution in [1.29, 1.82) is 0 Å². The molecular weight excluding hydrogens is 450 g/mol. The maximum Gasteiger partial charge on any atom is 0.224 e. The maximum absolute atomic E-state index is 13.2. The number of hydrogen-bond acceptors (Lipinski definition) is 7. The van der Waals surface area contributed by atoms with Crippen LogP contribution in [0.1, 0.15) is 42.9 Å². The van der Waals surface area contributed by atoms with Gasteiger partial charge in [0.25, 0.3) is 0 Å². The lowest BCUT2D eigenvalue weighted by Crippen LogP contribution is -2.40. The van der Waals surface area contributed by atoms with Gasteiger partial charge in [-0.2, -0.15) is 0 Å². The van der Waals surface area contributed by atoms with E-state index in [1.165, 1.54) is 18.1 Å². The van der Waals surface area contributed by atoms with Crippen LogP contribution < -0.4 is 0 Å². The van der Waals surface area contributed by atoms with Crippen molar-refractivity contribution in [2.24, 2.45) is 0 Å². The molecule has 0 N–H and O–H groups in total. The van der Waals surface area contributed by atoms with E-state index in [0.29, 0.717) is 18.1 Å². The van der Waals surface area contributed by atoms with Crippen LogP contribution in [0.3, 0.4) is 0 Å². The first-order chi connectivity index (χ1) is 14.8. The summed E-state index contributed by atoms with van der Waals surface area (Å²) in [6.45, 7) is 8.66. The van der Waals surface area contributed by atoms with Gasteiger partial charge in [-0.3, -0.25) is 9.69 Å². The SMILES string of the molecule is CC(=O)CCC(=O)N(CCN(C)C(c1ccco1)P(C)(C)=O)C(c1ccco1)P(C)(C)=O. The van der Waals surface area contributed by atoms with Gasteiger partial charge in [-0.25, -0.2) is 0 Å². The van der Waals surface area contributed by atoms with E-state index in [2.05, 4.69) is 0 Å². The van der Waals surface area contributed by atoms with Crippen molar-refractivity contribution in [3.05, 3.63) is 48.3 Å². The van der Waals surface area contributed by atoms with Crippen molar-refractivity contribution < 1.29 is 27.6 Å². The third-order valence-corrected chi connectivity index (χ3v) is 8.73. The fourth-order valence-electron chi connectivity index (χ4n) is 3.87. The molecule has 2 rings (SSSR count). The summed E-state index contributed by atoms with van der Waals surface area (Å²) in [6, 6.07) is 6.94. The number of carbonyl (C=O) groups is 2. The summed E-state index contributed by atoms with van der Waals surface area (Å²) < 4.78 is 37.3. The molecule has 2 atom stereocenters. The molecule has 2 unspecified atom stereocenters. The third kappa shape index (κ3) is 7.06. The highest BCUT2D eigenvalue weighted by Gasteiger charge is 2.37. The molecule has 0 radical (unpaired) electrons. The van der Waals surface area contributed by atoms with Gasteiger partial charge in [0.1, 0.15) is 43.2 Å². The maximum atomic E-state index is 13.2. The minimum atomic E-state index is -2.85. The lowest BCUT2D eigenvalue weighted by Gasteiger charge is -2.36. The molecule has 0 spiro atoms. The molecule has 0 aliphatic heterocycles. The lowest BCUT2D eigenvalue weighted by molar-refractivity contribution is -0.134. The molecule has 8 nitrogen and oxygen atoms in total. The molecule has 0 aromatic carbocycles. The largest absolute Gasteiger partial charge is 0.467 e. The standard InChI is InChI=1S/C22H34N2O6P2/c1-17(25)11-12-20(26)24(22(32(5,6)28)19-10-8-16-30-19)14-13-23(2)21(31(3,4)27)18-9-7-15-29-18/h7-10,15-16,21-22H,11-14H2,1-6H3. The number of ketones is 1. The van der Waals surface area contributed by atoms with Crippen LogP contribution in [0.2, 0.25) is 0 Å². The van der Waals surface area contributed by atoms with E-state index in [9.17, 15) is 18.7 Å². The number of rotatable bonds is 12. The van der Waals surface area contributed by atoms with E-state index in [0.717, 1.165) is 0 Å². The Hall–Kier alpha value is -1.88. The zero-order chi connectivity index (χ0) is 24.1. The molecule has 2 heterocycles. The first kappa shape index (κ1) is 26.4. The normalized spacial score (nSPS) is 14.3. The number of amides is 1. The molecule has 0 aliphatic rings. The van der Waals surface area contributed by atoms with E-state index in [-0.39, 0.29) is 31.1 Å². The number of furan rings is 2. The fraction of sp³-hybridized carbons (Fsp3) is 0.545. The summed E-state index contributed by atoms with van der Waals surface area (Å²) in [4.78, 5) is 28.1. The summed E-state index contributed by atoms with van der Waals surface area (Å²) in [5.41, 5.74) is 0. The van der Waals surface area contributed by atoms with Gasteiger partial charge in [0.15, 0.2) is 0 Å². The summed E-state index contributed by atoms with van der Waals surface area (Å²) >= 11 is 0. The van der Waals surface area contributed by atoms with Gasteiger partial charge in [0.05, 0.1) is 12.5 Å². The van der Waals surface area contributed by atoms with Gasteiger partial charge < -0.3 is 27.7 Å². The predicted molar refractivity (Wildman–Crippen MR) is 126 cm³/mol. The molecule has 0 aliphatic carbocycles. The number of carbonyl (C=O) groups excluding carboxylic acids is 2. The summed E-state index contributed by atoms with van der Waals surface area (Å²) in [7, 11) is -3.65. The summed E-state index contributed by atoms with van der Waals surface area (Å²) in [6.07, 6.45) is 3.17. The molecule has 32 heavy (non-hydrogen) atoms. The molecule has 178 valence electrons. The molecule has 10 heteroatoms. The quantitative estimate of drug-likeness (QED) is 0.393. The average Bonchev–Trinajstić information content (AvgIpc) is 3.35. The van der Waals surface area contributed by atoms with Crippen LogP contribution >= 0.6 is 14.3 Å². The van der Waals surface area contributed by atoms with Gasteiger partial charge in [-0.15, -0.1) is 0 Å². The monoisotopic (exact) mass is 484 g/mol. The first-order valence-corrected chi connectivity index (χ1v) is 15.8. The van der Waals surface area contributed by atoms with Gasteiger partial charge >= 0.3 is 0 Å². The van der Waals surface area contributed by atoms with Crippen molar-refractivity contribution in [3.63, 3.8) is 0 Å². The Morgan fingerprint density at radius 1 is 0.875 bits per heavy atom. The fourth-order valence-corrected chi connectivity index (χ4v) is 7.37. The molecule has 0 fully saturated rings. The van der Waals surface area contributed by atoms with Crippen LogP contribution in [0, 0.1) is 0 Å². The second-order valence-electron chi connectivity index (χ2n) is 8.92. The molecule has 2 aromatic heterocycles. The number of Topliss-reactive ketones (excluding diaryl/α,β-unsaturated/α-hetero) is 1. The van der Waals surface area contributed by atoms with Crippen molar-refractivity contribution in [2.75, 3.05) is 46.8 Å². The van der Waals surface area contributed by atoms with Gasteiger partial charge in [0.2, 0.25) is 5.91 Å².